The molecule has 0 saturated heterocycles. The topological polar surface area (TPSA) is 91.7 Å². The summed E-state index contributed by atoms with van der Waals surface area (Å²) < 4.78 is 23.0. The maximum atomic E-state index is 13.1. The van der Waals surface area contributed by atoms with Crippen molar-refractivity contribution in [3.63, 3.8) is 0 Å². The van der Waals surface area contributed by atoms with Crippen LogP contribution in [0.3, 0.4) is 0 Å². The van der Waals surface area contributed by atoms with Gasteiger partial charge in [0.05, 0.1) is 18.4 Å². The number of carbonyl (C=O) groups excluding carboxylic acids is 2. The molecule has 0 bridgehead atoms. The molecule has 1 aromatic rings. The molecule has 0 spiro atoms. The summed E-state index contributed by atoms with van der Waals surface area (Å²) >= 11 is 0. The molecule has 0 fully saturated rings. The number of methoxy groups -OCH3 is 1. The Hall–Kier alpha value is -2.82. The minimum atomic E-state index is -0.705. The predicted octanol–water partition coefficient (Wildman–Crippen LogP) is 2.52. The largest absolute Gasteiger partial charge is 0.468 e. The van der Waals surface area contributed by atoms with Gasteiger partial charge in [-0.15, -0.1) is 0 Å². The first-order chi connectivity index (χ1) is 11.7. The van der Waals surface area contributed by atoms with Crippen LogP contribution in [0.1, 0.15) is 26.3 Å². The molecule has 0 heterocycles. The number of carbonyl (C=O) groups is 2. The van der Waals surface area contributed by atoms with Crippen molar-refractivity contribution < 1.29 is 23.5 Å². The smallest absolute Gasteiger partial charge is 0.410 e. The standard InChI is InChI=1S/C17H22FN3O4/c1-17(2,3)25-16(23)21(11-15(22)24-4)8-7-20-14-6-5-13(18)9-12(14)10-19/h5-6,9,20H,7-8,11H2,1-4H3. The third-order valence-electron chi connectivity index (χ3n) is 3.00. The van der Waals surface area contributed by atoms with Gasteiger partial charge in [-0.25, -0.2) is 9.18 Å². The van der Waals surface area contributed by atoms with E-state index in [1.807, 2.05) is 6.07 Å². The van der Waals surface area contributed by atoms with E-state index < -0.39 is 23.5 Å². The van der Waals surface area contributed by atoms with Crippen LogP contribution < -0.4 is 5.32 Å². The van der Waals surface area contributed by atoms with Gasteiger partial charge in [0.25, 0.3) is 0 Å². The van der Waals surface area contributed by atoms with Gasteiger partial charge in [-0.2, -0.15) is 5.26 Å². The summed E-state index contributed by atoms with van der Waals surface area (Å²) in [5.74, 6) is -1.09. The molecular weight excluding hydrogens is 329 g/mol. The van der Waals surface area contributed by atoms with Crippen LogP contribution in [0.4, 0.5) is 14.9 Å². The second-order valence-corrected chi connectivity index (χ2v) is 6.21. The number of halogens is 1. The van der Waals surface area contributed by atoms with Gasteiger partial charge in [0.15, 0.2) is 0 Å². The zero-order valence-corrected chi connectivity index (χ0v) is 14.8. The molecule has 8 heteroatoms. The van der Waals surface area contributed by atoms with E-state index in [4.69, 9.17) is 10.00 Å². The Bertz CT molecular complexity index is 665. The van der Waals surface area contributed by atoms with Crippen molar-refractivity contribution in [1.82, 2.24) is 4.90 Å². The van der Waals surface area contributed by atoms with Crippen molar-refractivity contribution in [3.8, 4) is 6.07 Å². The van der Waals surface area contributed by atoms with Crippen molar-refractivity contribution >= 4 is 17.7 Å². The number of amides is 1. The highest BCUT2D eigenvalue weighted by Gasteiger charge is 2.24. The normalized spacial score (nSPS) is 10.6. The first-order valence-electron chi connectivity index (χ1n) is 7.64. The summed E-state index contributed by atoms with van der Waals surface area (Å²) in [6.45, 7) is 5.26. The lowest BCUT2D eigenvalue weighted by molar-refractivity contribution is -0.141. The van der Waals surface area contributed by atoms with E-state index in [-0.39, 0.29) is 25.2 Å². The molecule has 0 aliphatic heterocycles. The number of esters is 1. The first kappa shape index (κ1) is 20.2. The highest BCUT2D eigenvalue weighted by Crippen LogP contribution is 2.16. The van der Waals surface area contributed by atoms with Gasteiger partial charge in [-0.05, 0) is 39.0 Å². The third-order valence-corrected chi connectivity index (χ3v) is 3.00. The number of benzene rings is 1. The van der Waals surface area contributed by atoms with Crippen LogP contribution in [0.2, 0.25) is 0 Å². The van der Waals surface area contributed by atoms with Gasteiger partial charge in [0.1, 0.15) is 24.0 Å². The Morgan fingerprint density at radius 1 is 1.36 bits per heavy atom. The van der Waals surface area contributed by atoms with E-state index in [0.717, 1.165) is 6.07 Å². The monoisotopic (exact) mass is 351 g/mol. The molecule has 0 atom stereocenters. The summed E-state index contributed by atoms with van der Waals surface area (Å²) in [6.07, 6.45) is -0.653. The van der Waals surface area contributed by atoms with E-state index in [2.05, 4.69) is 10.1 Å². The minimum absolute atomic E-state index is 0.131. The maximum Gasteiger partial charge on any atom is 0.410 e. The van der Waals surface area contributed by atoms with Gasteiger partial charge in [-0.3, -0.25) is 9.69 Å². The zero-order valence-electron chi connectivity index (χ0n) is 14.8. The van der Waals surface area contributed by atoms with Crippen molar-refractivity contribution in [1.29, 1.82) is 5.26 Å². The number of nitriles is 1. The number of rotatable bonds is 6. The van der Waals surface area contributed by atoms with E-state index >= 15 is 0 Å². The number of nitrogens with zero attached hydrogens (tertiary/aromatic N) is 2. The van der Waals surface area contributed by atoms with Crippen LogP contribution in [0, 0.1) is 17.1 Å². The van der Waals surface area contributed by atoms with Crippen molar-refractivity contribution in [3.05, 3.63) is 29.6 Å². The molecule has 0 aromatic heterocycles. The molecule has 7 nitrogen and oxygen atoms in total. The predicted molar refractivity (Wildman–Crippen MR) is 89.4 cm³/mol. The summed E-state index contributed by atoms with van der Waals surface area (Å²) in [7, 11) is 1.23. The minimum Gasteiger partial charge on any atom is -0.468 e. The lowest BCUT2D eigenvalue weighted by Gasteiger charge is -2.26. The van der Waals surface area contributed by atoms with Gasteiger partial charge < -0.3 is 14.8 Å². The van der Waals surface area contributed by atoms with Crippen molar-refractivity contribution in [2.24, 2.45) is 0 Å². The van der Waals surface area contributed by atoms with Crippen molar-refractivity contribution in [2.45, 2.75) is 26.4 Å². The van der Waals surface area contributed by atoms with Crippen LogP contribution in [0.25, 0.3) is 0 Å². The summed E-state index contributed by atoms with van der Waals surface area (Å²) in [5, 5.41) is 12.0. The second kappa shape index (κ2) is 8.87. The average Bonchev–Trinajstić information content (AvgIpc) is 2.53. The van der Waals surface area contributed by atoms with Gasteiger partial charge >= 0.3 is 12.1 Å². The SMILES string of the molecule is COC(=O)CN(CCNc1ccc(F)cc1C#N)C(=O)OC(C)(C)C. The lowest BCUT2D eigenvalue weighted by Crippen LogP contribution is -2.42. The van der Waals surface area contributed by atoms with Gasteiger partial charge in [0, 0.05) is 13.1 Å². The zero-order chi connectivity index (χ0) is 19.0. The second-order valence-electron chi connectivity index (χ2n) is 6.21. The molecule has 25 heavy (non-hydrogen) atoms. The highest BCUT2D eigenvalue weighted by atomic mass is 19.1. The lowest BCUT2D eigenvalue weighted by atomic mass is 10.2. The maximum absolute atomic E-state index is 13.1. The van der Waals surface area contributed by atoms with Crippen LogP contribution in [-0.4, -0.2) is 49.3 Å². The number of nitrogens with one attached hydrogen (secondary N) is 1. The van der Waals surface area contributed by atoms with Crippen LogP contribution >= 0.6 is 0 Å². The summed E-state index contributed by atoms with van der Waals surface area (Å²) in [5.41, 5.74) is -0.119. The Labute approximate surface area is 146 Å². The summed E-state index contributed by atoms with van der Waals surface area (Å²) in [4.78, 5) is 24.9. The number of hydrogen-bond acceptors (Lipinski definition) is 6. The third kappa shape index (κ3) is 7.08. The fourth-order valence-electron chi connectivity index (χ4n) is 1.87. The van der Waals surface area contributed by atoms with Gasteiger partial charge in [0.2, 0.25) is 0 Å². The Morgan fingerprint density at radius 3 is 2.60 bits per heavy atom. The molecular formula is C17H22FN3O4. The quantitative estimate of drug-likeness (QED) is 0.792. The van der Waals surface area contributed by atoms with E-state index in [0.29, 0.717) is 5.69 Å². The molecule has 1 N–H and O–H groups in total. The highest BCUT2D eigenvalue weighted by molar-refractivity contribution is 5.78. The van der Waals surface area contributed by atoms with Gasteiger partial charge in [-0.1, -0.05) is 0 Å². The van der Waals surface area contributed by atoms with Crippen LogP contribution in [0.5, 0.6) is 0 Å². The molecule has 0 aliphatic carbocycles. The molecule has 1 amide bonds. The number of anilines is 1. The average molecular weight is 351 g/mol. The molecule has 136 valence electrons. The molecule has 1 aromatic carbocycles. The van der Waals surface area contributed by atoms with Crippen LogP contribution in [-0.2, 0) is 14.3 Å². The number of ether oxygens (including phenoxy) is 2. The molecule has 0 saturated carbocycles. The molecule has 0 unspecified atom stereocenters. The molecule has 0 aliphatic rings. The van der Waals surface area contributed by atoms with E-state index in [1.165, 1.54) is 24.1 Å². The molecule has 0 radical (unpaired) electrons. The number of hydrogen-bond donors (Lipinski definition) is 1. The molecule has 1 rings (SSSR count). The van der Waals surface area contributed by atoms with E-state index in [1.54, 1.807) is 20.8 Å². The first-order valence-corrected chi connectivity index (χ1v) is 7.64. The summed E-state index contributed by atoms with van der Waals surface area (Å²) in [6, 6.07) is 5.66. The van der Waals surface area contributed by atoms with E-state index in [9.17, 15) is 14.0 Å². The Kier molecular flexibility index (Phi) is 7.18. The van der Waals surface area contributed by atoms with Crippen molar-refractivity contribution in [2.75, 3.05) is 32.1 Å². The van der Waals surface area contributed by atoms with Crippen LogP contribution in [0.15, 0.2) is 18.2 Å². The Balaban J connectivity index is 2.74. The fraction of sp³-hybridized carbons (Fsp3) is 0.471. The fourth-order valence-corrected chi connectivity index (χ4v) is 1.87. The Morgan fingerprint density at radius 2 is 2.04 bits per heavy atom.